The molecule has 1 aromatic rings. The van der Waals surface area contributed by atoms with E-state index in [4.69, 9.17) is 0 Å². The van der Waals surface area contributed by atoms with Crippen molar-refractivity contribution in [3.05, 3.63) is 29.8 Å². The molecule has 0 saturated carbocycles. The number of nitrogens with one attached hydrogen (secondary N) is 2. The van der Waals surface area contributed by atoms with Crippen molar-refractivity contribution >= 4 is 28.3 Å². The number of rotatable bonds is 2. The molecule has 0 spiro atoms. The van der Waals surface area contributed by atoms with Crippen molar-refractivity contribution in [2.45, 2.75) is 30.2 Å². The van der Waals surface area contributed by atoms with Crippen LogP contribution in [0.15, 0.2) is 34.2 Å². The monoisotopic (exact) mass is 315 g/mol. The van der Waals surface area contributed by atoms with Gasteiger partial charge in [-0.1, -0.05) is 18.6 Å². The van der Waals surface area contributed by atoms with Gasteiger partial charge in [0.15, 0.2) is 0 Å². The van der Waals surface area contributed by atoms with E-state index in [9.17, 15) is 8.42 Å². The van der Waals surface area contributed by atoms with E-state index >= 15 is 0 Å². The fourth-order valence-electron chi connectivity index (χ4n) is 2.53. The fourth-order valence-corrected chi connectivity index (χ4v) is 3.78. The average Bonchev–Trinajstić information content (AvgIpc) is 2.70. The zero-order valence-corrected chi connectivity index (χ0v) is 12.6. The Labute approximate surface area is 125 Å². The predicted octanol–water partition coefficient (Wildman–Crippen LogP) is 1.29. The van der Waals surface area contributed by atoms with E-state index in [-0.39, 0.29) is 12.4 Å². The van der Waals surface area contributed by atoms with Crippen LogP contribution in [0.5, 0.6) is 0 Å². The summed E-state index contributed by atoms with van der Waals surface area (Å²) in [6.07, 6.45) is 3.53. The van der Waals surface area contributed by atoms with E-state index in [1.54, 1.807) is 18.2 Å². The molecule has 0 aromatic heterocycles. The van der Waals surface area contributed by atoms with Crippen LogP contribution >= 0.6 is 12.4 Å². The minimum Gasteiger partial charge on any atom is -0.312 e. The summed E-state index contributed by atoms with van der Waals surface area (Å²) in [6.45, 7) is 1.64. The van der Waals surface area contributed by atoms with Crippen LogP contribution in [-0.2, 0) is 10.0 Å². The van der Waals surface area contributed by atoms with Crippen molar-refractivity contribution in [3.63, 3.8) is 0 Å². The maximum absolute atomic E-state index is 11.9. The van der Waals surface area contributed by atoms with Crippen LogP contribution in [0, 0.1) is 0 Å². The molecule has 2 N–H and O–H groups in total. The van der Waals surface area contributed by atoms with Gasteiger partial charge in [0.1, 0.15) is 5.84 Å². The molecule has 1 atom stereocenters. The maximum Gasteiger partial charge on any atom is 0.263 e. The largest absolute Gasteiger partial charge is 0.312 e. The van der Waals surface area contributed by atoms with Crippen LogP contribution in [0.2, 0.25) is 0 Å². The van der Waals surface area contributed by atoms with E-state index in [0.29, 0.717) is 28.9 Å². The van der Waals surface area contributed by atoms with E-state index in [1.807, 2.05) is 6.07 Å². The number of halogens is 1. The Hall–Kier alpha value is -1.11. The summed E-state index contributed by atoms with van der Waals surface area (Å²) in [6, 6.07) is 7.32. The second-order valence-corrected chi connectivity index (χ2v) is 6.59. The first kappa shape index (κ1) is 15.3. The highest BCUT2D eigenvalue weighted by atomic mass is 35.5. The van der Waals surface area contributed by atoms with Gasteiger partial charge in [-0.25, -0.2) is 8.42 Å². The zero-order valence-electron chi connectivity index (χ0n) is 11.0. The quantitative estimate of drug-likeness (QED) is 0.864. The van der Waals surface area contributed by atoms with Crippen LogP contribution in [0.3, 0.4) is 0 Å². The third-order valence-electron chi connectivity index (χ3n) is 3.54. The number of sulfonamides is 1. The number of benzene rings is 1. The Morgan fingerprint density at radius 2 is 2.05 bits per heavy atom. The summed E-state index contributed by atoms with van der Waals surface area (Å²) in [4.78, 5) is 4.77. The lowest BCUT2D eigenvalue weighted by atomic mass is 10.1. The molecule has 5 nitrogen and oxygen atoms in total. The first-order valence-electron chi connectivity index (χ1n) is 6.57. The molecule has 3 rings (SSSR count). The lowest BCUT2D eigenvalue weighted by Gasteiger charge is -2.21. The Bertz CT molecular complexity index is 610. The summed E-state index contributed by atoms with van der Waals surface area (Å²) in [7, 11) is -3.41. The molecule has 0 aliphatic carbocycles. The van der Waals surface area contributed by atoms with Gasteiger partial charge >= 0.3 is 0 Å². The number of amidine groups is 1. The second kappa shape index (κ2) is 6.11. The zero-order chi connectivity index (χ0) is 13.3. The summed E-state index contributed by atoms with van der Waals surface area (Å²) in [5.74, 6) is 0.475. The number of piperidine rings is 1. The fraction of sp³-hybridized carbons (Fsp3) is 0.462. The molecular weight excluding hydrogens is 298 g/mol. The van der Waals surface area contributed by atoms with Crippen LogP contribution in [0.25, 0.3) is 0 Å². The molecule has 2 heterocycles. The second-order valence-electron chi connectivity index (χ2n) is 4.94. The Kier molecular flexibility index (Phi) is 4.67. The normalized spacial score (nSPS) is 25.6. The standard InChI is InChI=1S/C13H17N3O2S.ClH/c17-19(18)12-7-2-1-6-11(12)13(16-19)15-9-10-5-3-4-8-14-10;/h1-2,6-7,10,14H,3-5,8-9H2,(H,15,16);1H. The molecule has 2 aliphatic heterocycles. The maximum atomic E-state index is 11.9. The number of nitrogens with zero attached hydrogens (tertiary/aromatic N) is 1. The minimum atomic E-state index is -3.41. The first-order valence-corrected chi connectivity index (χ1v) is 8.05. The van der Waals surface area contributed by atoms with Crippen molar-refractivity contribution in [2.24, 2.45) is 4.99 Å². The average molecular weight is 316 g/mol. The lowest BCUT2D eigenvalue weighted by Crippen LogP contribution is -2.37. The van der Waals surface area contributed by atoms with Gasteiger partial charge in [-0.15, -0.1) is 12.4 Å². The Morgan fingerprint density at radius 3 is 2.80 bits per heavy atom. The Balaban J connectivity index is 0.00000147. The number of hydrogen-bond acceptors (Lipinski definition) is 4. The molecule has 1 fully saturated rings. The number of fused-ring (bicyclic) bond motifs is 1. The molecule has 7 heteroatoms. The highest BCUT2D eigenvalue weighted by Gasteiger charge is 2.30. The van der Waals surface area contributed by atoms with E-state index in [0.717, 1.165) is 13.0 Å². The third-order valence-corrected chi connectivity index (χ3v) is 4.94. The molecule has 0 radical (unpaired) electrons. The predicted molar refractivity (Wildman–Crippen MR) is 81.1 cm³/mol. The van der Waals surface area contributed by atoms with Crippen LogP contribution in [-0.4, -0.2) is 33.4 Å². The highest BCUT2D eigenvalue weighted by molar-refractivity contribution is 7.90. The van der Waals surface area contributed by atoms with Crippen molar-refractivity contribution in [1.29, 1.82) is 0 Å². The van der Waals surface area contributed by atoms with Gasteiger partial charge < -0.3 is 5.32 Å². The van der Waals surface area contributed by atoms with E-state index in [2.05, 4.69) is 15.0 Å². The SMILES string of the molecule is Cl.O=S1(=O)NC(=NCC2CCCCN2)c2ccccc21. The van der Waals surface area contributed by atoms with Crippen LogP contribution in [0.1, 0.15) is 24.8 Å². The van der Waals surface area contributed by atoms with Gasteiger partial charge in [-0.3, -0.25) is 9.71 Å². The topological polar surface area (TPSA) is 70.6 Å². The molecule has 0 bridgehead atoms. The van der Waals surface area contributed by atoms with Crippen LogP contribution < -0.4 is 10.0 Å². The van der Waals surface area contributed by atoms with Crippen molar-refractivity contribution in [1.82, 2.24) is 10.0 Å². The van der Waals surface area contributed by atoms with Crippen molar-refractivity contribution in [2.75, 3.05) is 13.1 Å². The number of aliphatic imine (C=N–C) groups is 1. The summed E-state index contributed by atoms with van der Waals surface area (Å²) in [5.41, 5.74) is 0.679. The smallest absolute Gasteiger partial charge is 0.263 e. The highest BCUT2D eigenvalue weighted by Crippen LogP contribution is 2.22. The molecule has 1 saturated heterocycles. The van der Waals surface area contributed by atoms with Gasteiger partial charge in [0.2, 0.25) is 0 Å². The molecule has 1 unspecified atom stereocenters. The van der Waals surface area contributed by atoms with Crippen LogP contribution in [0.4, 0.5) is 0 Å². The summed E-state index contributed by atoms with van der Waals surface area (Å²) >= 11 is 0. The van der Waals surface area contributed by atoms with E-state index < -0.39 is 10.0 Å². The summed E-state index contributed by atoms with van der Waals surface area (Å²) < 4.78 is 26.3. The van der Waals surface area contributed by atoms with Gasteiger partial charge in [0.05, 0.1) is 11.4 Å². The van der Waals surface area contributed by atoms with Gasteiger partial charge in [-0.2, -0.15) is 0 Å². The minimum absolute atomic E-state index is 0. The van der Waals surface area contributed by atoms with Gasteiger partial charge in [0.25, 0.3) is 10.0 Å². The molecule has 110 valence electrons. The molecule has 1 aromatic carbocycles. The first-order chi connectivity index (χ1) is 9.17. The number of hydrogen-bond donors (Lipinski definition) is 2. The molecule has 20 heavy (non-hydrogen) atoms. The molecular formula is C13H18ClN3O2S. The lowest BCUT2D eigenvalue weighted by molar-refractivity contribution is 0.408. The molecule has 0 amide bonds. The van der Waals surface area contributed by atoms with E-state index in [1.165, 1.54) is 12.8 Å². The van der Waals surface area contributed by atoms with Crippen molar-refractivity contribution < 1.29 is 8.42 Å². The summed E-state index contributed by atoms with van der Waals surface area (Å²) in [5, 5.41) is 3.40. The third kappa shape index (κ3) is 2.97. The molecule has 2 aliphatic rings. The Morgan fingerprint density at radius 1 is 1.25 bits per heavy atom. The van der Waals surface area contributed by atoms with Gasteiger partial charge in [0, 0.05) is 11.6 Å². The van der Waals surface area contributed by atoms with Crippen molar-refractivity contribution in [3.8, 4) is 0 Å². The van der Waals surface area contributed by atoms with Gasteiger partial charge in [-0.05, 0) is 31.5 Å².